The van der Waals surface area contributed by atoms with E-state index < -0.39 is 27.4 Å². The first-order valence-corrected chi connectivity index (χ1v) is 9.94. The Bertz CT molecular complexity index is 1020. The predicted molar refractivity (Wildman–Crippen MR) is 109 cm³/mol. The Morgan fingerprint density at radius 3 is 2.48 bits per heavy atom. The number of carbonyl (C=O) groups is 1. The third kappa shape index (κ3) is 5.11. The van der Waals surface area contributed by atoms with E-state index >= 15 is 0 Å². The van der Waals surface area contributed by atoms with E-state index in [1.165, 1.54) is 44.4 Å². The molecule has 0 unspecified atom stereocenters. The molecular weight excluding hydrogens is 398 g/mol. The summed E-state index contributed by atoms with van der Waals surface area (Å²) in [5.74, 6) is -0.0425. The largest absolute Gasteiger partial charge is 0.497 e. The molecule has 0 aliphatic heterocycles. The lowest BCUT2D eigenvalue weighted by Gasteiger charge is -2.24. The smallest absolute Gasteiger partial charge is 0.273 e. The fraction of sp³-hybridized carbons (Fsp3) is 0.211. The standard InChI is InChI=1S/C19H21N3O6S/c1-4-11-20-19(23)13-21(15-6-8-16(28-3)9-7-15)29(26,27)17-10-5-14(2)18(12-17)22(24)25/h4-10,12H,1,11,13H2,2-3H3,(H,20,23). The van der Waals surface area contributed by atoms with Crippen LogP contribution in [0, 0.1) is 17.0 Å². The van der Waals surface area contributed by atoms with Gasteiger partial charge in [-0.3, -0.25) is 19.2 Å². The molecule has 0 saturated heterocycles. The molecule has 2 aromatic rings. The van der Waals surface area contributed by atoms with Crippen LogP contribution in [0.15, 0.2) is 60.0 Å². The normalized spacial score (nSPS) is 10.8. The number of amides is 1. The minimum atomic E-state index is -4.27. The van der Waals surface area contributed by atoms with Gasteiger partial charge in [0.15, 0.2) is 0 Å². The van der Waals surface area contributed by atoms with Gasteiger partial charge < -0.3 is 10.1 Å². The zero-order chi connectivity index (χ0) is 21.6. The monoisotopic (exact) mass is 419 g/mol. The Hall–Kier alpha value is -3.40. The van der Waals surface area contributed by atoms with Gasteiger partial charge in [0.25, 0.3) is 15.7 Å². The molecule has 154 valence electrons. The van der Waals surface area contributed by atoms with Crippen LogP contribution in [0.2, 0.25) is 0 Å². The highest BCUT2D eigenvalue weighted by Crippen LogP contribution is 2.28. The first-order chi connectivity index (χ1) is 13.7. The molecule has 0 aromatic heterocycles. The average molecular weight is 419 g/mol. The second-order valence-electron chi connectivity index (χ2n) is 6.01. The van der Waals surface area contributed by atoms with Crippen LogP contribution in [-0.2, 0) is 14.8 Å². The molecule has 1 N–H and O–H groups in total. The van der Waals surface area contributed by atoms with Crippen molar-refractivity contribution in [2.45, 2.75) is 11.8 Å². The van der Waals surface area contributed by atoms with Crippen molar-refractivity contribution in [2.75, 3.05) is 24.5 Å². The zero-order valence-electron chi connectivity index (χ0n) is 16.0. The van der Waals surface area contributed by atoms with Gasteiger partial charge in [-0.25, -0.2) is 8.42 Å². The van der Waals surface area contributed by atoms with Crippen molar-refractivity contribution in [3.05, 3.63) is 70.8 Å². The highest BCUT2D eigenvalue weighted by molar-refractivity contribution is 7.92. The Labute approximate surface area is 168 Å². The molecule has 0 saturated carbocycles. The summed E-state index contributed by atoms with van der Waals surface area (Å²) in [6.45, 7) is 4.67. The SMILES string of the molecule is C=CCNC(=O)CN(c1ccc(OC)cc1)S(=O)(=O)c1ccc(C)c([N+](=O)[O-])c1. The molecule has 0 spiro atoms. The highest BCUT2D eigenvalue weighted by Gasteiger charge is 2.29. The third-order valence-electron chi connectivity index (χ3n) is 4.06. The van der Waals surface area contributed by atoms with Crippen LogP contribution in [0.25, 0.3) is 0 Å². The van der Waals surface area contributed by atoms with Crippen molar-refractivity contribution in [1.29, 1.82) is 0 Å². The summed E-state index contributed by atoms with van der Waals surface area (Å²) in [5.41, 5.74) is 0.216. The van der Waals surface area contributed by atoms with Crippen LogP contribution < -0.4 is 14.4 Å². The molecule has 10 heteroatoms. The maximum Gasteiger partial charge on any atom is 0.273 e. The number of nitro benzene ring substituents is 1. The fourth-order valence-electron chi connectivity index (χ4n) is 2.51. The van der Waals surface area contributed by atoms with Crippen molar-refractivity contribution in [2.24, 2.45) is 0 Å². The van der Waals surface area contributed by atoms with E-state index in [4.69, 9.17) is 4.74 Å². The zero-order valence-corrected chi connectivity index (χ0v) is 16.8. The summed E-state index contributed by atoms with van der Waals surface area (Å²) in [5, 5.41) is 13.7. The van der Waals surface area contributed by atoms with Crippen molar-refractivity contribution >= 4 is 27.3 Å². The number of ether oxygens (including phenoxy) is 1. The molecule has 9 nitrogen and oxygen atoms in total. The molecular formula is C19H21N3O6S. The molecule has 0 atom stereocenters. The highest BCUT2D eigenvalue weighted by atomic mass is 32.2. The first kappa shape index (κ1) is 21.9. The van der Waals surface area contributed by atoms with E-state index in [0.29, 0.717) is 11.3 Å². The van der Waals surface area contributed by atoms with Crippen LogP contribution >= 0.6 is 0 Å². The number of nitrogens with zero attached hydrogens (tertiary/aromatic N) is 2. The van der Waals surface area contributed by atoms with Gasteiger partial charge in [-0.2, -0.15) is 0 Å². The molecule has 2 rings (SSSR count). The molecule has 0 bridgehead atoms. The van der Waals surface area contributed by atoms with Gasteiger partial charge in [-0.05, 0) is 37.3 Å². The molecule has 0 heterocycles. The Kier molecular flexibility index (Phi) is 6.94. The average Bonchev–Trinajstić information content (AvgIpc) is 2.70. The van der Waals surface area contributed by atoms with Gasteiger partial charge >= 0.3 is 0 Å². The number of nitrogens with one attached hydrogen (secondary N) is 1. The summed E-state index contributed by atoms with van der Waals surface area (Å²) in [6.07, 6.45) is 1.47. The quantitative estimate of drug-likeness (QED) is 0.379. The van der Waals surface area contributed by atoms with Crippen molar-refractivity contribution in [1.82, 2.24) is 5.32 Å². The van der Waals surface area contributed by atoms with E-state index in [-0.39, 0.29) is 22.8 Å². The molecule has 1 amide bonds. The summed E-state index contributed by atoms with van der Waals surface area (Å²) in [6, 6.07) is 9.70. The number of hydrogen-bond donors (Lipinski definition) is 1. The second-order valence-corrected chi connectivity index (χ2v) is 7.87. The number of carbonyl (C=O) groups excluding carboxylic acids is 1. The van der Waals surface area contributed by atoms with Gasteiger partial charge in [0.1, 0.15) is 12.3 Å². The number of nitro groups is 1. The van der Waals surface area contributed by atoms with E-state index in [1.807, 2.05) is 0 Å². The van der Waals surface area contributed by atoms with Crippen molar-refractivity contribution in [3.63, 3.8) is 0 Å². The minimum absolute atomic E-state index is 0.172. The number of aryl methyl sites for hydroxylation is 1. The lowest BCUT2D eigenvalue weighted by molar-refractivity contribution is -0.385. The van der Waals surface area contributed by atoms with E-state index in [1.54, 1.807) is 12.1 Å². The topological polar surface area (TPSA) is 119 Å². The van der Waals surface area contributed by atoms with Crippen LogP contribution in [0.5, 0.6) is 5.75 Å². The van der Waals surface area contributed by atoms with E-state index in [9.17, 15) is 23.3 Å². The van der Waals surface area contributed by atoms with Gasteiger partial charge in [0, 0.05) is 18.2 Å². The van der Waals surface area contributed by atoms with Gasteiger partial charge in [0.05, 0.1) is 22.6 Å². The molecule has 0 aliphatic carbocycles. The summed E-state index contributed by atoms with van der Waals surface area (Å²) in [7, 11) is -2.80. The van der Waals surface area contributed by atoms with Crippen LogP contribution in [-0.4, -0.2) is 39.4 Å². The molecule has 29 heavy (non-hydrogen) atoms. The Morgan fingerprint density at radius 1 is 1.28 bits per heavy atom. The summed E-state index contributed by atoms with van der Waals surface area (Å²) >= 11 is 0. The number of sulfonamides is 1. The lowest BCUT2D eigenvalue weighted by Crippen LogP contribution is -2.41. The second kappa shape index (κ2) is 9.20. The molecule has 0 aliphatic rings. The van der Waals surface area contributed by atoms with E-state index in [2.05, 4.69) is 11.9 Å². The molecule has 0 radical (unpaired) electrons. The maximum atomic E-state index is 13.3. The molecule has 0 fully saturated rings. The minimum Gasteiger partial charge on any atom is -0.497 e. The number of hydrogen-bond acceptors (Lipinski definition) is 6. The van der Waals surface area contributed by atoms with Crippen molar-refractivity contribution in [3.8, 4) is 5.75 Å². The van der Waals surface area contributed by atoms with Crippen LogP contribution in [0.4, 0.5) is 11.4 Å². The number of methoxy groups -OCH3 is 1. The maximum absolute atomic E-state index is 13.3. The Balaban J connectivity index is 2.53. The van der Waals surface area contributed by atoms with Gasteiger partial charge in [-0.1, -0.05) is 12.1 Å². The predicted octanol–water partition coefficient (Wildman–Crippen LogP) is 2.41. The van der Waals surface area contributed by atoms with Crippen molar-refractivity contribution < 1.29 is 22.9 Å². The summed E-state index contributed by atoms with van der Waals surface area (Å²) < 4.78 is 32.5. The number of anilines is 1. The lowest BCUT2D eigenvalue weighted by atomic mass is 10.2. The van der Waals surface area contributed by atoms with Gasteiger partial charge in [-0.15, -0.1) is 6.58 Å². The summed E-state index contributed by atoms with van der Waals surface area (Å²) in [4.78, 5) is 22.5. The van der Waals surface area contributed by atoms with Crippen LogP contribution in [0.3, 0.4) is 0 Å². The third-order valence-corrected chi connectivity index (χ3v) is 5.83. The van der Waals surface area contributed by atoms with Gasteiger partial charge in [0.2, 0.25) is 5.91 Å². The van der Waals surface area contributed by atoms with Crippen LogP contribution in [0.1, 0.15) is 5.56 Å². The number of benzene rings is 2. The first-order valence-electron chi connectivity index (χ1n) is 8.50. The molecule has 2 aromatic carbocycles. The number of rotatable bonds is 9. The fourth-order valence-corrected chi connectivity index (χ4v) is 3.95. The Morgan fingerprint density at radius 2 is 1.93 bits per heavy atom. The van der Waals surface area contributed by atoms with E-state index in [0.717, 1.165) is 10.4 Å².